The van der Waals surface area contributed by atoms with E-state index in [1.165, 1.54) is 29.2 Å². The predicted molar refractivity (Wildman–Crippen MR) is 112 cm³/mol. The van der Waals surface area contributed by atoms with E-state index < -0.39 is 5.97 Å². The molecule has 2 rings (SSSR count). The molecule has 0 saturated carbocycles. The topological polar surface area (TPSA) is 50.2 Å². The maximum Gasteiger partial charge on any atom is 0.328 e. The standard InChI is InChI=1S/C24H29NO2/c1-18(7-5-8-19(2)17-23(26)27)10-11-22-20(3)9-6-14-24(22,4)21-12-15-25-16-13-21/h5,7-8,10-13,15-17H,6,9,14H2,1-4H3,(H,26,27)/b8-5+,11-10+,18-7+,19-17+/t24-/m1/s1. The maximum atomic E-state index is 10.6. The number of allylic oxidation sites excluding steroid dienone is 9. The van der Waals surface area contributed by atoms with E-state index >= 15 is 0 Å². The van der Waals surface area contributed by atoms with Crippen LogP contribution in [-0.2, 0) is 10.2 Å². The van der Waals surface area contributed by atoms with E-state index in [1.54, 1.807) is 13.0 Å². The molecule has 0 saturated heterocycles. The highest BCUT2D eigenvalue weighted by atomic mass is 16.4. The van der Waals surface area contributed by atoms with Crippen molar-refractivity contribution >= 4 is 5.97 Å². The summed E-state index contributed by atoms with van der Waals surface area (Å²) in [6, 6.07) is 4.24. The van der Waals surface area contributed by atoms with Crippen LogP contribution in [0.15, 0.2) is 83.3 Å². The van der Waals surface area contributed by atoms with Crippen molar-refractivity contribution in [3.63, 3.8) is 0 Å². The lowest BCUT2D eigenvalue weighted by atomic mass is 9.67. The van der Waals surface area contributed by atoms with Crippen LogP contribution in [0.5, 0.6) is 0 Å². The number of carboxylic acids is 1. The van der Waals surface area contributed by atoms with E-state index in [2.05, 4.69) is 50.0 Å². The minimum Gasteiger partial charge on any atom is -0.478 e. The Morgan fingerprint density at radius 2 is 1.89 bits per heavy atom. The second-order valence-electron chi connectivity index (χ2n) is 7.45. The highest BCUT2D eigenvalue weighted by Crippen LogP contribution is 2.43. The van der Waals surface area contributed by atoms with E-state index in [1.807, 2.05) is 24.5 Å². The molecule has 0 aliphatic heterocycles. The van der Waals surface area contributed by atoms with Crippen LogP contribution in [-0.4, -0.2) is 16.1 Å². The SMILES string of the molecule is CC1=C(/C=C/C(C)=C/C=C/C(C)=C/C(=O)O)[C@@](C)(c2ccncc2)CCC1. The third kappa shape index (κ3) is 5.65. The van der Waals surface area contributed by atoms with Gasteiger partial charge in [0.1, 0.15) is 0 Å². The van der Waals surface area contributed by atoms with Gasteiger partial charge in [-0.05, 0) is 68.9 Å². The Morgan fingerprint density at radius 3 is 2.56 bits per heavy atom. The van der Waals surface area contributed by atoms with Gasteiger partial charge in [0.05, 0.1) is 0 Å². The summed E-state index contributed by atoms with van der Waals surface area (Å²) < 4.78 is 0. The summed E-state index contributed by atoms with van der Waals surface area (Å²) in [5, 5.41) is 8.74. The summed E-state index contributed by atoms with van der Waals surface area (Å²) in [7, 11) is 0. The average Bonchev–Trinajstić information content (AvgIpc) is 2.61. The molecule has 0 unspecified atom stereocenters. The van der Waals surface area contributed by atoms with Crippen molar-refractivity contribution in [2.75, 3.05) is 0 Å². The number of hydrogen-bond acceptors (Lipinski definition) is 2. The van der Waals surface area contributed by atoms with Gasteiger partial charge in [0.25, 0.3) is 0 Å². The first-order valence-electron chi connectivity index (χ1n) is 9.38. The number of rotatable bonds is 6. The summed E-state index contributed by atoms with van der Waals surface area (Å²) in [5.74, 6) is -0.923. The van der Waals surface area contributed by atoms with Gasteiger partial charge in [-0.15, -0.1) is 0 Å². The van der Waals surface area contributed by atoms with Gasteiger partial charge in [-0.3, -0.25) is 4.98 Å². The number of hydrogen-bond donors (Lipinski definition) is 1. The van der Waals surface area contributed by atoms with Crippen molar-refractivity contribution in [2.45, 2.75) is 52.4 Å². The molecule has 0 bridgehead atoms. The quantitative estimate of drug-likeness (QED) is 0.503. The Hall–Kier alpha value is -2.68. The summed E-state index contributed by atoms with van der Waals surface area (Å²) in [6.45, 7) is 8.39. The van der Waals surface area contributed by atoms with Crippen LogP contribution in [0, 0.1) is 0 Å². The van der Waals surface area contributed by atoms with Crippen molar-refractivity contribution in [3.8, 4) is 0 Å². The Labute approximate surface area is 162 Å². The van der Waals surface area contributed by atoms with E-state index in [-0.39, 0.29) is 5.41 Å². The highest BCUT2D eigenvalue weighted by Gasteiger charge is 2.33. The van der Waals surface area contributed by atoms with Crippen molar-refractivity contribution in [1.29, 1.82) is 0 Å². The lowest BCUT2D eigenvalue weighted by Crippen LogP contribution is -2.28. The molecule has 1 heterocycles. The average molecular weight is 364 g/mol. The molecule has 0 fully saturated rings. The number of carboxylic acid groups (broad SMARTS) is 1. The molecule has 1 atom stereocenters. The van der Waals surface area contributed by atoms with Crippen molar-refractivity contribution in [3.05, 3.63) is 88.8 Å². The van der Waals surface area contributed by atoms with Crippen LogP contribution in [0.3, 0.4) is 0 Å². The number of nitrogens with zero attached hydrogens (tertiary/aromatic N) is 1. The maximum absolute atomic E-state index is 10.6. The van der Waals surface area contributed by atoms with Gasteiger partial charge in [0.2, 0.25) is 0 Å². The van der Waals surface area contributed by atoms with Crippen molar-refractivity contribution < 1.29 is 9.90 Å². The minimum absolute atomic E-state index is 0.0126. The molecular formula is C24H29NO2. The van der Waals surface area contributed by atoms with Gasteiger partial charge < -0.3 is 5.11 Å². The normalized spacial score (nSPS) is 22.1. The molecule has 27 heavy (non-hydrogen) atoms. The Kier molecular flexibility index (Phi) is 7.12. The molecule has 0 aromatic carbocycles. The number of aliphatic carboxylic acids is 1. The largest absolute Gasteiger partial charge is 0.478 e. The van der Waals surface area contributed by atoms with Gasteiger partial charge in [0.15, 0.2) is 0 Å². The first-order chi connectivity index (χ1) is 12.8. The number of carbonyl (C=O) groups is 1. The van der Waals surface area contributed by atoms with E-state index in [9.17, 15) is 4.79 Å². The molecule has 0 spiro atoms. The van der Waals surface area contributed by atoms with Crippen LogP contribution < -0.4 is 0 Å². The van der Waals surface area contributed by atoms with Crippen LogP contribution >= 0.6 is 0 Å². The highest BCUT2D eigenvalue weighted by molar-refractivity contribution is 5.81. The molecule has 1 N–H and O–H groups in total. The molecular weight excluding hydrogens is 334 g/mol. The fourth-order valence-corrected chi connectivity index (χ4v) is 3.66. The smallest absolute Gasteiger partial charge is 0.328 e. The molecule has 3 nitrogen and oxygen atoms in total. The van der Waals surface area contributed by atoms with Crippen LogP contribution in [0.1, 0.15) is 52.5 Å². The first kappa shape index (κ1) is 20.6. The van der Waals surface area contributed by atoms with Gasteiger partial charge >= 0.3 is 5.97 Å². The van der Waals surface area contributed by atoms with Gasteiger partial charge in [0, 0.05) is 23.9 Å². The summed E-state index contributed by atoms with van der Waals surface area (Å²) in [4.78, 5) is 14.8. The lowest BCUT2D eigenvalue weighted by Gasteiger charge is -2.37. The van der Waals surface area contributed by atoms with Gasteiger partial charge in [-0.2, -0.15) is 0 Å². The second-order valence-corrected chi connectivity index (χ2v) is 7.45. The van der Waals surface area contributed by atoms with Crippen LogP contribution in [0.2, 0.25) is 0 Å². The third-order valence-corrected chi connectivity index (χ3v) is 5.18. The summed E-state index contributed by atoms with van der Waals surface area (Å²) >= 11 is 0. The van der Waals surface area contributed by atoms with Gasteiger partial charge in [-0.25, -0.2) is 4.79 Å². The molecule has 0 amide bonds. The molecule has 1 aliphatic rings. The fraction of sp³-hybridized carbons (Fsp3) is 0.333. The summed E-state index contributed by atoms with van der Waals surface area (Å²) in [6.07, 6.45) is 18.5. The number of aromatic nitrogens is 1. The zero-order valence-corrected chi connectivity index (χ0v) is 16.7. The minimum atomic E-state index is -0.923. The fourth-order valence-electron chi connectivity index (χ4n) is 3.66. The molecule has 142 valence electrons. The van der Waals surface area contributed by atoms with Crippen molar-refractivity contribution in [2.24, 2.45) is 0 Å². The van der Waals surface area contributed by atoms with Crippen LogP contribution in [0.25, 0.3) is 0 Å². The summed E-state index contributed by atoms with van der Waals surface area (Å²) in [5.41, 5.74) is 5.99. The number of pyridine rings is 1. The zero-order chi connectivity index (χ0) is 19.9. The Balaban J connectivity index is 2.23. The van der Waals surface area contributed by atoms with E-state index in [4.69, 9.17) is 5.11 Å². The third-order valence-electron chi connectivity index (χ3n) is 5.18. The van der Waals surface area contributed by atoms with E-state index in [0.717, 1.165) is 18.4 Å². The first-order valence-corrected chi connectivity index (χ1v) is 9.38. The second kappa shape index (κ2) is 9.31. The zero-order valence-electron chi connectivity index (χ0n) is 16.7. The lowest BCUT2D eigenvalue weighted by molar-refractivity contribution is -0.131. The van der Waals surface area contributed by atoms with Crippen molar-refractivity contribution in [1.82, 2.24) is 4.98 Å². The molecule has 3 heteroatoms. The molecule has 1 aliphatic carbocycles. The molecule has 0 radical (unpaired) electrons. The predicted octanol–water partition coefficient (Wildman–Crippen LogP) is 5.93. The Bertz CT molecular complexity index is 825. The molecule has 1 aromatic heterocycles. The van der Waals surface area contributed by atoms with Crippen LogP contribution in [0.4, 0.5) is 0 Å². The van der Waals surface area contributed by atoms with E-state index in [0.29, 0.717) is 5.57 Å². The Morgan fingerprint density at radius 1 is 1.19 bits per heavy atom. The molecule has 1 aromatic rings. The van der Waals surface area contributed by atoms with Gasteiger partial charge in [-0.1, -0.05) is 48.5 Å². The monoisotopic (exact) mass is 363 g/mol.